The summed E-state index contributed by atoms with van der Waals surface area (Å²) in [6.45, 7) is 2.22. The molecule has 1 aromatic carbocycles. The van der Waals surface area contributed by atoms with Crippen LogP contribution < -0.4 is 10.5 Å². The Morgan fingerprint density at radius 2 is 2.14 bits per heavy atom. The highest BCUT2D eigenvalue weighted by Crippen LogP contribution is 2.47. The van der Waals surface area contributed by atoms with Gasteiger partial charge in [-0.25, -0.2) is 0 Å². The molecule has 1 fully saturated rings. The zero-order chi connectivity index (χ0) is 15.1. The number of aryl methyl sites for hydroxylation is 1. The summed E-state index contributed by atoms with van der Waals surface area (Å²) in [6.07, 6.45) is 2.54. The minimum Gasteiger partial charge on any atom is -0.496 e. The number of nitrogens with zero attached hydrogens (tertiary/aromatic N) is 2. The van der Waals surface area contributed by atoms with E-state index in [0.29, 0.717) is 22.7 Å². The summed E-state index contributed by atoms with van der Waals surface area (Å²) in [5.41, 5.74) is 9.18. The lowest BCUT2D eigenvalue weighted by molar-refractivity contribution is 0.416. The smallest absolute Gasteiger partial charge is 0.129 e. The predicted molar refractivity (Wildman–Crippen MR) is 85.8 cm³/mol. The van der Waals surface area contributed by atoms with E-state index in [2.05, 4.69) is 12.0 Å². The summed E-state index contributed by atoms with van der Waals surface area (Å²) >= 11 is 6.17. The minimum absolute atomic E-state index is 0.396. The second kappa shape index (κ2) is 5.26. The Morgan fingerprint density at radius 3 is 2.76 bits per heavy atom. The van der Waals surface area contributed by atoms with E-state index in [9.17, 15) is 0 Å². The van der Waals surface area contributed by atoms with Crippen LogP contribution in [0, 0.1) is 5.92 Å². The predicted octanol–water partition coefficient (Wildman–Crippen LogP) is 3.84. The van der Waals surface area contributed by atoms with Crippen LogP contribution in [0.4, 0.5) is 5.82 Å². The second-order valence-electron chi connectivity index (χ2n) is 5.74. The molecule has 5 heteroatoms. The number of halogens is 1. The summed E-state index contributed by atoms with van der Waals surface area (Å²) < 4.78 is 7.22. The van der Waals surface area contributed by atoms with Gasteiger partial charge in [-0.2, -0.15) is 5.10 Å². The van der Waals surface area contributed by atoms with Crippen molar-refractivity contribution in [1.82, 2.24) is 9.78 Å². The number of nitrogens with two attached hydrogens (primary N) is 1. The molecule has 2 N–H and O–H groups in total. The number of anilines is 1. The van der Waals surface area contributed by atoms with E-state index >= 15 is 0 Å². The maximum Gasteiger partial charge on any atom is 0.129 e. The highest BCUT2D eigenvalue weighted by atomic mass is 35.5. The standard InChI is InChI=1S/C16H20ClN3O/c1-9(10-4-5-10)15-14(16(18)20(2)19-15)12-8-11(17)6-7-13(12)21-3/h6-10H,4-5,18H2,1-3H3. The lowest BCUT2D eigenvalue weighted by Gasteiger charge is -2.13. The molecule has 0 radical (unpaired) electrons. The SMILES string of the molecule is COc1ccc(Cl)cc1-c1c(C(C)C2CC2)nn(C)c1N. The second-order valence-corrected chi connectivity index (χ2v) is 6.18. The Labute approximate surface area is 129 Å². The van der Waals surface area contributed by atoms with Gasteiger partial charge in [-0.1, -0.05) is 18.5 Å². The van der Waals surface area contributed by atoms with Gasteiger partial charge < -0.3 is 10.5 Å². The number of ether oxygens (including phenoxy) is 1. The maximum atomic E-state index is 6.27. The van der Waals surface area contributed by atoms with Gasteiger partial charge in [-0.15, -0.1) is 0 Å². The summed E-state index contributed by atoms with van der Waals surface area (Å²) in [4.78, 5) is 0. The van der Waals surface area contributed by atoms with Crippen LogP contribution >= 0.6 is 11.6 Å². The first kappa shape index (κ1) is 14.3. The van der Waals surface area contributed by atoms with Crippen molar-refractivity contribution in [2.24, 2.45) is 13.0 Å². The normalized spacial score (nSPS) is 16.0. The molecule has 1 heterocycles. The van der Waals surface area contributed by atoms with Crippen molar-refractivity contribution in [2.75, 3.05) is 12.8 Å². The third-order valence-corrected chi connectivity index (χ3v) is 4.55. The van der Waals surface area contributed by atoms with Gasteiger partial charge in [0.25, 0.3) is 0 Å². The molecule has 1 aliphatic carbocycles. The average Bonchev–Trinajstić information content (AvgIpc) is 3.26. The van der Waals surface area contributed by atoms with Gasteiger partial charge in [-0.3, -0.25) is 4.68 Å². The number of hydrogen-bond acceptors (Lipinski definition) is 3. The van der Waals surface area contributed by atoms with Gasteiger partial charge in [0.2, 0.25) is 0 Å². The number of aromatic nitrogens is 2. The van der Waals surface area contributed by atoms with Crippen LogP contribution in [-0.4, -0.2) is 16.9 Å². The van der Waals surface area contributed by atoms with Gasteiger partial charge in [0.15, 0.2) is 0 Å². The number of benzene rings is 1. The molecule has 0 aliphatic heterocycles. The molecule has 21 heavy (non-hydrogen) atoms. The Hall–Kier alpha value is -1.68. The van der Waals surface area contributed by atoms with Crippen LogP contribution in [0.2, 0.25) is 5.02 Å². The number of methoxy groups -OCH3 is 1. The quantitative estimate of drug-likeness (QED) is 0.933. The summed E-state index contributed by atoms with van der Waals surface area (Å²) in [5.74, 6) is 2.52. The fourth-order valence-corrected chi connectivity index (χ4v) is 3.02. The minimum atomic E-state index is 0.396. The lowest BCUT2D eigenvalue weighted by Crippen LogP contribution is -2.00. The van der Waals surface area contributed by atoms with E-state index < -0.39 is 0 Å². The lowest BCUT2D eigenvalue weighted by atomic mass is 9.94. The molecular weight excluding hydrogens is 286 g/mol. The summed E-state index contributed by atoms with van der Waals surface area (Å²) in [5, 5.41) is 5.31. The molecule has 0 bridgehead atoms. The topological polar surface area (TPSA) is 53.1 Å². The Kier molecular flexibility index (Phi) is 3.57. The molecule has 0 saturated heterocycles. The van der Waals surface area contributed by atoms with E-state index in [1.54, 1.807) is 11.8 Å². The summed E-state index contributed by atoms with van der Waals surface area (Å²) in [6, 6.07) is 5.59. The molecule has 0 spiro atoms. The first-order valence-electron chi connectivity index (χ1n) is 7.19. The van der Waals surface area contributed by atoms with E-state index in [0.717, 1.165) is 22.6 Å². The largest absolute Gasteiger partial charge is 0.496 e. The van der Waals surface area contributed by atoms with Gasteiger partial charge in [0.05, 0.1) is 18.4 Å². The van der Waals surface area contributed by atoms with Crippen molar-refractivity contribution in [1.29, 1.82) is 0 Å². The molecule has 1 unspecified atom stereocenters. The Morgan fingerprint density at radius 1 is 1.43 bits per heavy atom. The average molecular weight is 306 g/mol. The molecular formula is C16H20ClN3O. The van der Waals surface area contributed by atoms with Gasteiger partial charge in [-0.05, 0) is 37.0 Å². The van der Waals surface area contributed by atoms with Crippen LogP contribution in [0.5, 0.6) is 5.75 Å². The third-order valence-electron chi connectivity index (χ3n) is 4.31. The first-order valence-corrected chi connectivity index (χ1v) is 7.57. The van der Waals surface area contributed by atoms with Crippen molar-refractivity contribution < 1.29 is 4.74 Å². The first-order chi connectivity index (χ1) is 10.0. The van der Waals surface area contributed by atoms with Crippen LogP contribution in [0.25, 0.3) is 11.1 Å². The van der Waals surface area contributed by atoms with Crippen LogP contribution in [0.1, 0.15) is 31.4 Å². The number of rotatable bonds is 4. The van der Waals surface area contributed by atoms with Crippen LogP contribution in [0.3, 0.4) is 0 Å². The zero-order valence-electron chi connectivity index (χ0n) is 12.6. The highest BCUT2D eigenvalue weighted by molar-refractivity contribution is 6.31. The number of hydrogen-bond donors (Lipinski definition) is 1. The Balaban J connectivity index is 2.19. The molecule has 1 aliphatic rings. The van der Waals surface area contributed by atoms with Crippen LogP contribution in [0.15, 0.2) is 18.2 Å². The van der Waals surface area contributed by atoms with Crippen molar-refractivity contribution >= 4 is 17.4 Å². The molecule has 4 nitrogen and oxygen atoms in total. The maximum absolute atomic E-state index is 6.27. The van der Waals surface area contributed by atoms with Crippen molar-refractivity contribution in [2.45, 2.75) is 25.7 Å². The fourth-order valence-electron chi connectivity index (χ4n) is 2.85. The summed E-state index contributed by atoms with van der Waals surface area (Å²) in [7, 11) is 3.53. The molecule has 112 valence electrons. The highest BCUT2D eigenvalue weighted by Gasteiger charge is 2.34. The van der Waals surface area contributed by atoms with Gasteiger partial charge in [0, 0.05) is 23.6 Å². The fraction of sp³-hybridized carbons (Fsp3) is 0.438. The van der Waals surface area contributed by atoms with E-state index in [-0.39, 0.29) is 0 Å². The van der Waals surface area contributed by atoms with Crippen LogP contribution in [-0.2, 0) is 7.05 Å². The third kappa shape index (κ3) is 2.48. The van der Waals surface area contributed by atoms with Crippen molar-refractivity contribution in [3.05, 3.63) is 28.9 Å². The van der Waals surface area contributed by atoms with Gasteiger partial charge >= 0.3 is 0 Å². The Bertz CT molecular complexity index is 676. The molecule has 1 saturated carbocycles. The molecule has 2 aromatic rings. The van der Waals surface area contributed by atoms with E-state index in [1.165, 1.54) is 12.8 Å². The molecule has 1 atom stereocenters. The number of nitrogen functional groups attached to an aromatic ring is 1. The zero-order valence-corrected chi connectivity index (χ0v) is 13.3. The monoisotopic (exact) mass is 305 g/mol. The van der Waals surface area contributed by atoms with Crippen molar-refractivity contribution in [3.63, 3.8) is 0 Å². The molecule has 0 amide bonds. The van der Waals surface area contributed by atoms with Gasteiger partial charge in [0.1, 0.15) is 11.6 Å². The molecule has 1 aromatic heterocycles. The van der Waals surface area contributed by atoms with E-state index in [1.807, 2.05) is 25.2 Å². The molecule has 3 rings (SSSR count). The van der Waals surface area contributed by atoms with Crippen molar-refractivity contribution in [3.8, 4) is 16.9 Å². The van der Waals surface area contributed by atoms with E-state index in [4.69, 9.17) is 22.1 Å².